The van der Waals surface area contributed by atoms with E-state index in [1.54, 1.807) is 13.0 Å². The third kappa shape index (κ3) is 6.23. The fourth-order valence-electron chi connectivity index (χ4n) is 1.88. The van der Waals surface area contributed by atoms with E-state index in [1.807, 2.05) is 0 Å². The molecular weight excluding hydrogens is 411 g/mol. The molecule has 7 N–H and O–H groups in total. The van der Waals surface area contributed by atoms with E-state index in [2.05, 4.69) is 5.32 Å². The van der Waals surface area contributed by atoms with Gasteiger partial charge in [-0.2, -0.15) is 0 Å². The number of nitrogens with one attached hydrogen (secondary N) is 1. The Morgan fingerprint density at radius 2 is 1.87 bits per heavy atom. The molecule has 2 rings (SSSR count). The largest absolute Gasteiger partial charge is 2.00 e. The Kier molecular flexibility index (Phi) is 12.7. The Hall–Kier alpha value is -1.54. The van der Waals surface area contributed by atoms with Crippen LogP contribution in [0.25, 0.3) is 11.0 Å². The van der Waals surface area contributed by atoms with Gasteiger partial charge in [0.15, 0.2) is 0 Å². The first kappa shape index (κ1) is 26.4. The maximum Gasteiger partial charge on any atom is 2.00 e. The van der Waals surface area contributed by atoms with Gasteiger partial charge < -0.3 is 41.2 Å². The molecule has 0 amide bonds. The summed E-state index contributed by atoms with van der Waals surface area (Å²) < 4.78 is 5.05. The quantitative estimate of drug-likeness (QED) is 0.388. The van der Waals surface area contributed by atoms with E-state index in [0.29, 0.717) is 10.9 Å². The number of aliphatic carboxylic acids is 1. The molecule has 0 aliphatic rings. The first-order valence-electron chi connectivity index (χ1n) is 5.63. The second-order valence-electron chi connectivity index (χ2n) is 4.14. The molecule has 1 aromatic heterocycles. The topological polar surface area (TPSA) is 200 Å². The van der Waals surface area contributed by atoms with E-state index in [1.165, 1.54) is 12.1 Å². The predicted octanol–water partition coefficient (Wildman–Crippen LogP) is -3.46. The van der Waals surface area contributed by atoms with Gasteiger partial charge in [-0.15, -0.1) is 5.75 Å². The number of carboxylic acids is 1. The number of aryl methyl sites for hydroxylation is 1. The first-order chi connectivity index (χ1) is 8.99. The van der Waals surface area contributed by atoms with Crippen molar-refractivity contribution in [2.75, 3.05) is 6.54 Å². The van der Waals surface area contributed by atoms with Crippen molar-refractivity contribution in [2.24, 2.45) is 0 Å². The van der Waals surface area contributed by atoms with Crippen LogP contribution >= 0.6 is 0 Å². The molecule has 1 heterocycles. The van der Waals surface area contributed by atoms with Crippen LogP contribution in [0.3, 0.4) is 0 Å². The van der Waals surface area contributed by atoms with Crippen LogP contribution in [0.1, 0.15) is 11.1 Å². The molecule has 124 valence electrons. The Morgan fingerprint density at radius 1 is 1.26 bits per heavy atom. The van der Waals surface area contributed by atoms with Gasteiger partial charge in [0.05, 0.1) is 5.97 Å². The normalized spacial score (nSPS) is 8.91. The van der Waals surface area contributed by atoms with Gasteiger partial charge >= 0.3 is 32.9 Å². The van der Waals surface area contributed by atoms with Gasteiger partial charge in [0, 0.05) is 30.1 Å². The molecule has 1 aromatic carbocycles. The van der Waals surface area contributed by atoms with Crippen LogP contribution in [0.2, 0.25) is 0 Å². The van der Waals surface area contributed by atoms with Crippen LogP contribution in [0.4, 0.5) is 0 Å². The first-order valence-corrected chi connectivity index (χ1v) is 5.63. The molecule has 10 heteroatoms. The SMILES string of the molecule is Cc1cc(=O)oc2c(CNCC(=O)[O-])c([O-])ccc12.O.O.O.[Cd+2]. The molecule has 0 radical (unpaired) electrons. The summed E-state index contributed by atoms with van der Waals surface area (Å²) >= 11 is 0. The average Bonchev–Trinajstić information content (AvgIpc) is 2.31. The standard InChI is InChI=1S/C13H13NO5.Cd.3H2O/c1-7-4-12(18)19-13-8(7)2-3-10(15)9(13)5-14-6-11(16)17;;;;/h2-4,14-15H,5-6H2,1H3,(H,16,17);;3*1H2/q;+2;;;/p-2. The summed E-state index contributed by atoms with van der Waals surface area (Å²) in [5.41, 5.74) is 0.590. The van der Waals surface area contributed by atoms with Crippen LogP contribution in [0, 0.1) is 6.92 Å². The summed E-state index contributed by atoms with van der Waals surface area (Å²) in [5.74, 6) is -1.59. The Bertz CT molecular complexity index is 700. The third-order valence-corrected chi connectivity index (χ3v) is 2.75. The second kappa shape index (κ2) is 11.1. The smallest absolute Gasteiger partial charge is 0.872 e. The molecule has 0 atom stereocenters. The van der Waals surface area contributed by atoms with Crippen LogP contribution < -0.4 is 21.2 Å². The van der Waals surface area contributed by atoms with Crippen molar-refractivity contribution in [2.45, 2.75) is 13.5 Å². The molecule has 0 unspecified atom stereocenters. The van der Waals surface area contributed by atoms with Gasteiger partial charge in [0.1, 0.15) is 5.58 Å². The predicted molar refractivity (Wildman–Crippen MR) is 74.2 cm³/mol. The fraction of sp³-hybridized carbons (Fsp3) is 0.231. The number of rotatable bonds is 4. The molecule has 2 aromatic rings. The van der Waals surface area contributed by atoms with Crippen LogP contribution in [0.5, 0.6) is 5.75 Å². The second-order valence-corrected chi connectivity index (χ2v) is 4.14. The molecule has 0 fully saturated rings. The number of fused-ring (bicyclic) bond motifs is 1. The van der Waals surface area contributed by atoms with Crippen molar-refractivity contribution >= 4 is 16.9 Å². The van der Waals surface area contributed by atoms with Crippen molar-refractivity contribution in [3.8, 4) is 5.75 Å². The van der Waals surface area contributed by atoms with Gasteiger partial charge in [-0.3, -0.25) is 0 Å². The molecular formula is C13H17CdNO8. The third-order valence-electron chi connectivity index (χ3n) is 2.75. The fourth-order valence-corrected chi connectivity index (χ4v) is 1.88. The summed E-state index contributed by atoms with van der Waals surface area (Å²) in [7, 11) is 0. The van der Waals surface area contributed by atoms with Crippen LogP contribution in [0.15, 0.2) is 27.4 Å². The molecule has 0 saturated carbocycles. The molecule has 0 saturated heterocycles. The van der Waals surface area contributed by atoms with Crippen LogP contribution in [-0.4, -0.2) is 28.9 Å². The maximum absolute atomic E-state index is 11.8. The number of hydrogen-bond donors (Lipinski definition) is 1. The molecule has 0 spiro atoms. The van der Waals surface area contributed by atoms with Crippen molar-refractivity contribution in [3.63, 3.8) is 0 Å². The number of carbonyl (C=O) groups is 1. The van der Waals surface area contributed by atoms with Gasteiger partial charge in [0.25, 0.3) is 0 Å². The zero-order chi connectivity index (χ0) is 14.0. The van der Waals surface area contributed by atoms with E-state index < -0.39 is 11.6 Å². The molecule has 9 nitrogen and oxygen atoms in total. The van der Waals surface area contributed by atoms with E-state index in [9.17, 15) is 19.8 Å². The summed E-state index contributed by atoms with van der Waals surface area (Å²) in [6.45, 7) is 1.35. The van der Waals surface area contributed by atoms with E-state index in [-0.39, 0.29) is 73.7 Å². The van der Waals surface area contributed by atoms with Gasteiger partial charge in [-0.1, -0.05) is 12.1 Å². The van der Waals surface area contributed by atoms with Crippen molar-refractivity contribution in [1.82, 2.24) is 5.32 Å². The molecule has 0 aliphatic carbocycles. The summed E-state index contributed by atoms with van der Waals surface area (Å²) in [4.78, 5) is 21.7. The summed E-state index contributed by atoms with van der Waals surface area (Å²) in [6, 6.07) is 4.29. The van der Waals surface area contributed by atoms with E-state index in [0.717, 1.165) is 0 Å². The summed E-state index contributed by atoms with van der Waals surface area (Å²) in [6.07, 6.45) is 0. The minimum atomic E-state index is -1.27. The Labute approximate surface area is 151 Å². The monoisotopic (exact) mass is 429 g/mol. The van der Waals surface area contributed by atoms with Crippen LogP contribution in [-0.2, 0) is 38.6 Å². The molecule has 0 bridgehead atoms. The minimum absolute atomic E-state index is 0. The van der Waals surface area contributed by atoms with Crippen molar-refractivity contribution in [1.29, 1.82) is 0 Å². The van der Waals surface area contributed by atoms with Crippen molar-refractivity contribution < 1.29 is 63.2 Å². The van der Waals surface area contributed by atoms with Crippen molar-refractivity contribution in [3.05, 3.63) is 39.7 Å². The minimum Gasteiger partial charge on any atom is -0.872 e. The zero-order valence-corrected chi connectivity index (χ0v) is 16.4. The number of benzene rings is 1. The molecule has 23 heavy (non-hydrogen) atoms. The van der Waals surface area contributed by atoms with Gasteiger partial charge in [0.2, 0.25) is 0 Å². The zero-order valence-electron chi connectivity index (χ0n) is 12.4. The van der Waals surface area contributed by atoms with E-state index in [4.69, 9.17) is 4.42 Å². The molecule has 0 aliphatic heterocycles. The van der Waals surface area contributed by atoms with Gasteiger partial charge in [-0.05, 0) is 12.5 Å². The van der Waals surface area contributed by atoms with E-state index >= 15 is 0 Å². The number of carboxylic acid groups (broad SMARTS) is 1. The Balaban J connectivity index is -0.000001000. The average molecular weight is 428 g/mol. The number of carbonyl (C=O) groups excluding carboxylic acids is 1. The number of hydrogen-bond acceptors (Lipinski definition) is 6. The maximum atomic E-state index is 11.8. The summed E-state index contributed by atoms with van der Waals surface area (Å²) in [5, 5.41) is 25.3. The Morgan fingerprint density at radius 3 is 2.43 bits per heavy atom. The van der Waals surface area contributed by atoms with Gasteiger partial charge in [-0.25, -0.2) is 4.79 Å².